The molecule has 1 saturated carbocycles. The minimum Gasteiger partial charge on any atom is -0.723 e. The first-order valence-corrected chi connectivity index (χ1v) is 6.12. The van der Waals surface area contributed by atoms with Crippen LogP contribution >= 0.6 is 7.60 Å². The Hall–Kier alpha value is 0.228. The predicted octanol–water partition coefficient (Wildman–Crippen LogP) is 0.508. The number of nitrogens with one attached hydrogen (secondary N) is 2. The van der Waals surface area contributed by atoms with Gasteiger partial charge in [-0.1, -0.05) is 25.7 Å². The van der Waals surface area contributed by atoms with Crippen LogP contribution in [0.5, 0.6) is 0 Å². The Kier molecular flexibility index (Phi) is 9.69. The van der Waals surface area contributed by atoms with Crippen molar-refractivity contribution in [2.75, 3.05) is 0 Å². The second kappa shape index (κ2) is 8.34. The smallest absolute Gasteiger partial charge is 0.723 e. The monoisotopic (exact) mass is 434 g/mol. The summed E-state index contributed by atoms with van der Waals surface area (Å²) >= 11 is 0. The maximum Gasteiger partial charge on any atom is 4.00 e. The van der Waals surface area contributed by atoms with Crippen molar-refractivity contribution >= 4 is 13.3 Å². The van der Waals surface area contributed by atoms with Gasteiger partial charge in [0.05, 0.1) is 4.79 Å². The van der Waals surface area contributed by atoms with E-state index < -0.39 is 13.3 Å². The van der Waals surface area contributed by atoms with Crippen molar-refractivity contribution in [1.82, 2.24) is 0 Å². The molecular weight excluding hydrogens is 418 g/mol. The van der Waals surface area contributed by atoms with Gasteiger partial charge in [-0.25, -0.2) is 4.57 Å². The zero-order chi connectivity index (χ0) is 12.1. The van der Waals surface area contributed by atoms with Crippen LogP contribution in [0.4, 0.5) is 4.79 Å². The van der Waals surface area contributed by atoms with Crippen LogP contribution in [0.25, 0.3) is 11.5 Å². The molecule has 1 aliphatic carbocycles. The topological polar surface area (TPSA) is 151 Å². The summed E-state index contributed by atoms with van der Waals surface area (Å²) in [5, 5.41) is 5.83. The molecule has 0 aromatic rings. The Labute approximate surface area is 108 Å². The Balaban J connectivity index is 0. The fourth-order valence-corrected chi connectivity index (χ4v) is 1.13. The van der Waals surface area contributed by atoms with E-state index in [1.165, 1.54) is 12.8 Å². The molecule has 0 bridgehead atoms. The second-order valence-corrected chi connectivity index (χ2v) is 4.86. The minimum atomic E-state index is -4.71. The van der Waals surface area contributed by atoms with Gasteiger partial charge in [-0.3, -0.25) is 0 Å². The molecule has 16 heavy (non-hydrogen) atoms. The van der Waals surface area contributed by atoms with E-state index in [2.05, 4.69) is 0 Å². The molecule has 9 heteroatoms. The average Bonchev–Trinajstić information content (AvgIpc) is 2.09. The molecule has 0 saturated heterocycles. The number of carbonyl (C=O) groups excluding carboxylic acids is 1. The quantitative estimate of drug-likeness (QED) is 0.437. The zero-order valence-electron chi connectivity index (χ0n) is 8.47. The summed E-state index contributed by atoms with van der Waals surface area (Å²) < 4.78 is 9.49. The molecule has 7 nitrogen and oxygen atoms in total. The first kappa shape index (κ1) is 18.6. The van der Waals surface area contributed by atoms with Gasteiger partial charge >= 0.3 is 34.4 Å². The van der Waals surface area contributed by atoms with Crippen LogP contribution < -0.4 is 4.89 Å². The third-order valence-corrected chi connectivity index (χ3v) is 2.57. The van der Waals surface area contributed by atoms with Gasteiger partial charge in [0.15, 0.2) is 0 Å². The summed E-state index contributed by atoms with van der Waals surface area (Å²) in [5.41, 5.74) is 12.7. The van der Waals surface area contributed by atoms with E-state index in [9.17, 15) is 14.3 Å². The van der Waals surface area contributed by atoms with Crippen molar-refractivity contribution in [3.05, 3.63) is 11.5 Å². The van der Waals surface area contributed by atoms with E-state index in [1.807, 2.05) is 0 Å². The zero-order valence-corrected chi connectivity index (χ0v) is 11.6. The van der Waals surface area contributed by atoms with Gasteiger partial charge in [0, 0.05) is 0 Å². The third kappa shape index (κ3) is 8.39. The molecule has 96 valence electrons. The maximum absolute atomic E-state index is 9.49. The fraction of sp³-hybridized carbons (Fsp3) is 0.857. The third-order valence-electron chi connectivity index (χ3n) is 2.03. The standard InChI is InChI=1S/C6H12N2.CH3O5P.Pt/c7-5-3-1-2-4-6(5)8;2-1(3)7(4,5)6;/h5-8H,1-4H2;(H,2,3)(H2,4,5,6);/q-2;;+4/p+1. The van der Waals surface area contributed by atoms with Crippen LogP contribution in [-0.2, 0) is 25.6 Å². The van der Waals surface area contributed by atoms with Crippen molar-refractivity contribution in [3.63, 3.8) is 0 Å². The summed E-state index contributed by atoms with van der Waals surface area (Å²) in [6.07, 6.45) is 4.25. The van der Waals surface area contributed by atoms with Crippen LogP contribution in [-0.4, -0.2) is 27.8 Å². The van der Waals surface area contributed by atoms with Gasteiger partial charge in [0.1, 0.15) is 0 Å². The Morgan fingerprint density at radius 1 is 1.25 bits per heavy atom. The largest absolute Gasteiger partial charge is 4.00 e. The summed E-state index contributed by atoms with van der Waals surface area (Å²) in [7, 11) is -4.71. The van der Waals surface area contributed by atoms with E-state index in [-0.39, 0.29) is 33.1 Å². The van der Waals surface area contributed by atoms with Crippen LogP contribution in [0.2, 0.25) is 0 Å². The SMILES string of the molecule is O=C([OH2+])P(=O)([O-])[OH2+].[NH-]C1CCCCC1[NH-].[Pt+4]. The molecule has 0 spiro atoms. The van der Waals surface area contributed by atoms with Crippen molar-refractivity contribution in [2.45, 2.75) is 37.8 Å². The van der Waals surface area contributed by atoms with Crippen molar-refractivity contribution in [3.8, 4) is 0 Å². The molecule has 6 N–H and O–H groups in total. The summed E-state index contributed by atoms with van der Waals surface area (Å²) in [4.78, 5) is 24.7. The van der Waals surface area contributed by atoms with Crippen LogP contribution in [0.3, 0.4) is 0 Å². The van der Waals surface area contributed by atoms with E-state index in [4.69, 9.17) is 21.5 Å². The van der Waals surface area contributed by atoms with Gasteiger partial charge in [0.25, 0.3) is 0 Å². The number of hydrogen-bond acceptors (Lipinski definition) is 3. The Morgan fingerprint density at radius 3 is 1.62 bits per heavy atom. The van der Waals surface area contributed by atoms with Gasteiger partial charge in [0.2, 0.25) is 0 Å². The number of rotatable bonds is 1. The minimum absolute atomic E-state index is 0. The summed E-state index contributed by atoms with van der Waals surface area (Å²) in [6, 6.07) is -0.160. The Bertz CT molecular complexity index is 249. The van der Waals surface area contributed by atoms with Crippen molar-refractivity contribution in [1.29, 1.82) is 0 Å². The second-order valence-electron chi connectivity index (χ2n) is 3.35. The molecule has 3 atom stereocenters. The van der Waals surface area contributed by atoms with E-state index in [0.29, 0.717) is 0 Å². The maximum atomic E-state index is 9.49. The van der Waals surface area contributed by atoms with Crippen LogP contribution in [0.1, 0.15) is 25.7 Å². The summed E-state index contributed by atoms with van der Waals surface area (Å²) in [5.74, 6) is 0. The van der Waals surface area contributed by atoms with Gasteiger partial charge in [-0.2, -0.15) is 12.1 Å². The number of carbonyl (C=O) groups is 1. The van der Waals surface area contributed by atoms with E-state index in [0.717, 1.165) is 12.8 Å². The van der Waals surface area contributed by atoms with Crippen molar-refractivity contribution in [2.24, 2.45) is 0 Å². The molecule has 1 fully saturated rings. The molecule has 1 aliphatic rings. The summed E-state index contributed by atoms with van der Waals surface area (Å²) in [6.45, 7) is 0. The molecule has 0 radical (unpaired) electrons. The van der Waals surface area contributed by atoms with Gasteiger partial charge < -0.3 is 26.4 Å². The Morgan fingerprint density at radius 2 is 1.50 bits per heavy atom. The van der Waals surface area contributed by atoms with E-state index >= 15 is 0 Å². The number of hydrogen-bond donors (Lipinski definition) is 0. The van der Waals surface area contributed by atoms with Gasteiger partial charge in [-0.05, 0) is 0 Å². The van der Waals surface area contributed by atoms with Crippen LogP contribution in [0.15, 0.2) is 0 Å². The molecular formula is C7H16N2O5PPt+3. The first-order chi connectivity index (χ1) is 6.75. The molecule has 0 amide bonds. The molecule has 0 heterocycles. The molecule has 3 unspecified atom stereocenters. The van der Waals surface area contributed by atoms with Gasteiger partial charge in [-0.15, -0.1) is 0 Å². The average molecular weight is 434 g/mol. The van der Waals surface area contributed by atoms with Crippen LogP contribution in [0, 0.1) is 0 Å². The molecule has 0 aliphatic heterocycles. The normalized spacial score (nSPS) is 27.8. The predicted molar refractivity (Wildman–Crippen MR) is 54.9 cm³/mol. The fourth-order valence-electron chi connectivity index (χ4n) is 1.13. The molecule has 1 rings (SSSR count). The molecule has 0 aromatic heterocycles. The molecule has 0 aromatic carbocycles. The van der Waals surface area contributed by atoms with E-state index in [1.54, 1.807) is 0 Å². The van der Waals surface area contributed by atoms with Crippen molar-refractivity contribution < 1.29 is 45.3 Å². The first-order valence-electron chi connectivity index (χ1n) is 4.49.